The van der Waals surface area contributed by atoms with Crippen molar-refractivity contribution in [3.05, 3.63) is 69.4 Å². The largest absolute Gasteiger partial charge is 0.493 e. The fraction of sp³-hybridized carbons (Fsp3) is 0.0909. The number of aromatic nitrogens is 1. The Hall–Kier alpha value is -3.56. The maximum atomic E-state index is 12.9. The first-order chi connectivity index (χ1) is 15.0. The molecule has 0 aliphatic carbocycles. The first kappa shape index (κ1) is 19.4. The first-order valence-corrected chi connectivity index (χ1v) is 11.0. The third-order valence-corrected chi connectivity index (χ3v) is 6.83. The van der Waals surface area contributed by atoms with Gasteiger partial charge in [-0.15, -0.1) is 11.3 Å². The average molecular weight is 452 g/mol. The Morgan fingerprint density at radius 2 is 2.06 bits per heavy atom. The number of benzene rings is 2. The summed E-state index contributed by atoms with van der Waals surface area (Å²) >= 11 is 2.49. The molecule has 3 heterocycles. The van der Waals surface area contributed by atoms with Gasteiger partial charge in [-0.05, 0) is 24.3 Å². The lowest BCUT2D eigenvalue weighted by Gasteiger charge is -1.99. The molecule has 0 unspecified atom stereocenters. The molecular weight excluding hydrogens is 436 g/mol. The minimum atomic E-state index is -1.19. The number of carbonyl (C=O) groups is 1. The number of ether oxygens (including phenoxy) is 1. The van der Waals surface area contributed by atoms with Gasteiger partial charge in [0.05, 0.1) is 22.1 Å². The van der Waals surface area contributed by atoms with Crippen LogP contribution in [0.1, 0.15) is 15.4 Å². The number of carboxylic acid groups (broad SMARTS) is 1. The molecule has 0 fully saturated rings. The van der Waals surface area contributed by atoms with Crippen LogP contribution in [0, 0.1) is 4.91 Å². The maximum absolute atomic E-state index is 12.9. The summed E-state index contributed by atoms with van der Waals surface area (Å²) in [6, 6.07) is 14.8. The molecule has 0 aliphatic rings. The highest BCUT2D eigenvalue weighted by Crippen LogP contribution is 2.41. The summed E-state index contributed by atoms with van der Waals surface area (Å²) in [5.74, 6) is -0.269. The highest BCUT2D eigenvalue weighted by Gasteiger charge is 2.32. The number of carboxylic acids is 1. The summed E-state index contributed by atoms with van der Waals surface area (Å²) < 4.78 is 12.9. The highest BCUT2D eigenvalue weighted by atomic mass is 32.1. The van der Waals surface area contributed by atoms with E-state index in [1.807, 2.05) is 36.4 Å². The minimum absolute atomic E-state index is 0.0342. The van der Waals surface area contributed by atoms with Crippen LogP contribution in [0.3, 0.4) is 0 Å². The number of aromatic carboxylic acids is 1. The van der Waals surface area contributed by atoms with E-state index in [0.717, 1.165) is 26.9 Å². The van der Waals surface area contributed by atoms with Gasteiger partial charge < -0.3 is 14.3 Å². The summed E-state index contributed by atoms with van der Waals surface area (Å²) in [4.78, 5) is 29.5. The van der Waals surface area contributed by atoms with Crippen LogP contribution >= 0.6 is 22.7 Å². The number of hydrogen-bond acceptors (Lipinski definition) is 7. The topological polar surface area (TPSA) is 92.6 Å². The Labute approximate surface area is 183 Å². The number of hydrogen-bond donors (Lipinski definition) is 1. The molecule has 0 radical (unpaired) electrons. The highest BCUT2D eigenvalue weighted by molar-refractivity contribution is 7.18. The van der Waals surface area contributed by atoms with Gasteiger partial charge in [0.25, 0.3) is 6.54 Å². The van der Waals surface area contributed by atoms with Gasteiger partial charge in [0.2, 0.25) is 0 Å². The van der Waals surface area contributed by atoms with Crippen LogP contribution in [0.2, 0.25) is 0 Å². The third kappa shape index (κ3) is 3.37. The van der Waals surface area contributed by atoms with Crippen molar-refractivity contribution in [2.45, 2.75) is 6.54 Å². The van der Waals surface area contributed by atoms with E-state index >= 15 is 0 Å². The molecule has 0 saturated carbocycles. The second-order valence-electron chi connectivity index (χ2n) is 6.74. The lowest BCUT2D eigenvalue weighted by molar-refractivity contribution is -0.476. The standard InChI is InChI=1S/C22H14N2O5S2/c1-28-15-7-4-5-12-9-16(29-20(12)15)13-11-30-21(19(13)22(25)26)24(27)10-18-23-14-6-2-3-8-17(14)31-18/h2-9,11H,10H2,1H3/p+1. The van der Waals surface area contributed by atoms with E-state index in [2.05, 4.69) is 4.98 Å². The van der Waals surface area contributed by atoms with Gasteiger partial charge in [0.1, 0.15) is 5.76 Å². The maximum Gasteiger partial charge on any atom is 0.344 e. The zero-order valence-electron chi connectivity index (χ0n) is 16.2. The predicted molar refractivity (Wildman–Crippen MR) is 120 cm³/mol. The van der Waals surface area contributed by atoms with Crippen LogP contribution < -0.4 is 4.74 Å². The van der Waals surface area contributed by atoms with Crippen molar-refractivity contribution in [2.75, 3.05) is 7.11 Å². The summed E-state index contributed by atoms with van der Waals surface area (Å²) in [6.07, 6.45) is 0. The zero-order valence-corrected chi connectivity index (χ0v) is 17.8. The molecule has 154 valence electrons. The molecular formula is C22H15N2O5S2+. The molecule has 31 heavy (non-hydrogen) atoms. The Morgan fingerprint density at radius 3 is 2.84 bits per heavy atom. The van der Waals surface area contributed by atoms with E-state index in [1.165, 1.54) is 11.3 Å². The van der Waals surface area contributed by atoms with Crippen LogP contribution in [0.5, 0.6) is 5.75 Å². The zero-order chi connectivity index (χ0) is 21.5. The second-order valence-corrected chi connectivity index (χ2v) is 8.71. The summed E-state index contributed by atoms with van der Waals surface area (Å²) in [5.41, 5.74) is 1.62. The van der Waals surface area contributed by atoms with Gasteiger partial charge >= 0.3 is 11.0 Å². The molecule has 7 nitrogen and oxygen atoms in total. The number of fused-ring (bicyclic) bond motifs is 2. The number of nitroso groups, excluding NO2 is 1. The van der Waals surface area contributed by atoms with Gasteiger partial charge in [-0.1, -0.05) is 35.6 Å². The van der Waals surface area contributed by atoms with E-state index in [-0.39, 0.29) is 17.1 Å². The SMILES string of the molecule is COc1cccc2cc(-c3csc([N+](=O)Cc4nc5ccccc5s4)c3C(=O)O)oc12. The third-order valence-electron chi connectivity index (χ3n) is 4.82. The van der Waals surface area contributed by atoms with Crippen molar-refractivity contribution in [2.24, 2.45) is 0 Å². The monoisotopic (exact) mass is 451 g/mol. The number of methoxy groups -OCH3 is 1. The van der Waals surface area contributed by atoms with Crippen molar-refractivity contribution in [1.82, 2.24) is 4.98 Å². The molecule has 0 bridgehead atoms. The van der Waals surface area contributed by atoms with Gasteiger partial charge in [-0.3, -0.25) is 0 Å². The van der Waals surface area contributed by atoms with Crippen LogP contribution in [0.15, 0.2) is 58.3 Å². The molecule has 5 aromatic rings. The normalized spacial score (nSPS) is 11.3. The van der Waals surface area contributed by atoms with Crippen LogP contribution in [-0.4, -0.2) is 27.9 Å². The fourth-order valence-corrected chi connectivity index (χ4v) is 5.34. The molecule has 0 saturated heterocycles. The molecule has 2 aromatic carbocycles. The molecule has 5 rings (SSSR count). The summed E-state index contributed by atoms with van der Waals surface area (Å²) in [5, 5.41) is 13.0. The van der Waals surface area contributed by atoms with Gasteiger partial charge in [0, 0.05) is 21.2 Å². The Bertz CT molecular complexity index is 1430. The van der Waals surface area contributed by atoms with Crippen molar-refractivity contribution in [3.8, 4) is 17.1 Å². The molecule has 0 spiro atoms. The van der Waals surface area contributed by atoms with Crippen LogP contribution in [-0.2, 0) is 6.54 Å². The number of thiophene rings is 1. The predicted octanol–water partition coefficient (Wildman–Crippen LogP) is 6.09. The van der Waals surface area contributed by atoms with E-state index < -0.39 is 5.97 Å². The van der Waals surface area contributed by atoms with Gasteiger partial charge in [-0.25, -0.2) is 9.78 Å². The van der Waals surface area contributed by atoms with E-state index in [4.69, 9.17) is 9.15 Å². The van der Waals surface area contributed by atoms with Gasteiger partial charge in [0.15, 0.2) is 21.9 Å². The summed E-state index contributed by atoms with van der Waals surface area (Å²) in [7, 11) is 1.54. The number of nitrogens with zero attached hydrogens (tertiary/aromatic N) is 2. The van der Waals surface area contributed by atoms with Crippen LogP contribution in [0.25, 0.3) is 32.5 Å². The van der Waals surface area contributed by atoms with Crippen molar-refractivity contribution >= 4 is 54.8 Å². The second kappa shape index (κ2) is 7.60. The van der Waals surface area contributed by atoms with Crippen molar-refractivity contribution < 1.29 is 23.8 Å². The molecule has 0 amide bonds. The van der Waals surface area contributed by atoms with E-state index in [1.54, 1.807) is 24.6 Å². The molecule has 0 atom stereocenters. The minimum Gasteiger partial charge on any atom is -0.493 e. The average Bonchev–Trinajstić information content (AvgIpc) is 3.47. The van der Waals surface area contributed by atoms with E-state index in [0.29, 0.717) is 32.4 Å². The van der Waals surface area contributed by atoms with Crippen LogP contribution in [0.4, 0.5) is 5.00 Å². The number of thiazole rings is 1. The Balaban J connectivity index is 1.53. The number of rotatable bonds is 6. The van der Waals surface area contributed by atoms with Gasteiger partial charge in [-0.2, -0.15) is 0 Å². The smallest absolute Gasteiger partial charge is 0.344 e. The molecule has 1 N–H and O–H groups in total. The molecule has 9 heteroatoms. The lowest BCUT2D eigenvalue weighted by atomic mass is 10.1. The number of furan rings is 1. The lowest BCUT2D eigenvalue weighted by Crippen LogP contribution is -2.05. The van der Waals surface area contributed by atoms with E-state index in [9.17, 15) is 14.8 Å². The van der Waals surface area contributed by atoms with Crippen molar-refractivity contribution in [3.63, 3.8) is 0 Å². The summed E-state index contributed by atoms with van der Waals surface area (Å²) in [6.45, 7) is -0.0342. The quantitative estimate of drug-likeness (QED) is 0.314. The first-order valence-electron chi connectivity index (χ1n) is 9.26. The Kier molecular flexibility index (Phi) is 4.76. The molecule has 3 aromatic heterocycles. The fourth-order valence-electron chi connectivity index (χ4n) is 3.43. The molecule has 0 aliphatic heterocycles. The Morgan fingerprint density at radius 1 is 1.23 bits per heavy atom. The number of para-hydroxylation sites is 2. The van der Waals surface area contributed by atoms with Crippen molar-refractivity contribution in [1.29, 1.82) is 0 Å².